The molecule has 156 valence electrons. The smallest absolute Gasteiger partial charge is 0.263 e. The number of rotatable bonds is 6. The van der Waals surface area contributed by atoms with Crippen LogP contribution >= 0.6 is 11.6 Å². The Kier molecular flexibility index (Phi) is 6.24. The Bertz CT molecular complexity index is 994. The number of fused-ring (bicyclic) bond motifs is 1. The molecule has 0 unspecified atom stereocenters. The van der Waals surface area contributed by atoms with Crippen LogP contribution in [0.5, 0.6) is 11.5 Å². The summed E-state index contributed by atoms with van der Waals surface area (Å²) in [7, 11) is -3.61. The monoisotopic (exact) mass is 438 g/mol. The highest BCUT2D eigenvalue weighted by atomic mass is 35.5. The van der Waals surface area contributed by atoms with Crippen molar-refractivity contribution in [1.29, 1.82) is 0 Å². The highest BCUT2D eigenvalue weighted by Crippen LogP contribution is 2.37. The fourth-order valence-corrected chi connectivity index (χ4v) is 4.16. The fourth-order valence-electron chi connectivity index (χ4n) is 3.08. The summed E-state index contributed by atoms with van der Waals surface area (Å²) in [5.41, 5.74) is 1.22. The fraction of sp³-hybridized carbons (Fsp3) is 0.350. The predicted octanol–water partition coefficient (Wildman–Crippen LogP) is 3.14. The van der Waals surface area contributed by atoms with E-state index in [4.69, 9.17) is 21.1 Å². The van der Waals surface area contributed by atoms with E-state index in [2.05, 4.69) is 5.32 Å². The zero-order valence-electron chi connectivity index (χ0n) is 16.4. The molecule has 3 rings (SSSR count). The third-order valence-corrected chi connectivity index (χ3v) is 5.91. The molecule has 0 fully saturated rings. The summed E-state index contributed by atoms with van der Waals surface area (Å²) in [5, 5.41) is 3.26. The zero-order chi connectivity index (χ0) is 21.2. The molecule has 29 heavy (non-hydrogen) atoms. The van der Waals surface area contributed by atoms with E-state index < -0.39 is 22.0 Å². The molecular weight excluding hydrogens is 416 g/mol. The summed E-state index contributed by atoms with van der Waals surface area (Å²) in [4.78, 5) is 12.8. The number of benzene rings is 2. The maximum absolute atomic E-state index is 12.8. The molecular formula is C20H23ClN2O5S. The standard InChI is InChI=1S/C20H23ClN2O5S/c1-4-27-16-8-5-14(6-9-16)13(2)22-20(24)19-12-23(29(3,25)26)17-11-15(21)7-10-18(17)28-19/h5-11,13,19H,4,12H2,1-3H3,(H,22,24)/t13-,19+/m1/s1. The van der Waals surface area contributed by atoms with Crippen LogP contribution < -0.4 is 19.1 Å². The lowest BCUT2D eigenvalue weighted by Gasteiger charge is -2.34. The average Bonchev–Trinajstić information content (AvgIpc) is 2.67. The van der Waals surface area contributed by atoms with Gasteiger partial charge in [-0.2, -0.15) is 0 Å². The first-order valence-corrected chi connectivity index (χ1v) is 11.4. The average molecular weight is 439 g/mol. The third-order valence-electron chi connectivity index (χ3n) is 4.53. The summed E-state index contributed by atoms with van der Waals surface area (Å²) in [6.45, 7) is 4.20. The SMILES string of the molecule is CCOc1ccc([C@@H](C)NC(=O)[C@@H]2CN(S(C)(=O)=O)c3cc(Cl)ccc3O2)cc1. The van der Waals surface area contributed by atoms with E-state index in [0.29, 0.717) is 23.1 Å². The number of carbonyl (C=O) groups is 1. The van der Waals surface area contributed by atoms with Crippen molar-refractivity contribution >= 4 is 33.2 Å². The largest absolute Gasteiger partial charge is 0.494 e. The van der Waals surface area contributed by atoms with Crippen molar-refractivity contribution in [3.63, 3.8) is 0 Å². The third kappa shape index (κ3) is 4.94. The van der Waals surface area contributed by atoms with Crippen LogP contribution in [0, 0.1) is 0 Å². The minimum Gasteiger partial charge on any atom is -0.494 e. The zero-order valence-corrected chi connectivity index (χ0v) is 18.0. The van der Waals surface area contributed by atoms with Gasteiger partial charge in [-0.1, -0.05) is 23.7 Å². The van der Waals surface area contributed by atoms with E-state index in [-0.39, 0.29) is 12.6 Å². The summed E-state index contributed by atoms with van der Waals surface area (Å²) in [6, 6.07) is 11.8. The normalized spacial score (nSPS) is 17.1. The molecule has 1 N–H and O–H groups in total. The summed E-state index contributed by atoms with van der Waals surface area (Å²) >= 11 is 5.99. The van der Waals surface area contributed by atoms with Crippen LogP contribution in [0.3, 0.4) is 0 Å². The van der Waals surface area contributed by atoms with Gasteiger partial charge < -0.3 is 14.8 Å². The van der Waals surface area contributed by atoms with Crippen LogP contribution in [0.4, 0.5) is 5.69 Å². The molecule has 0 bridgehead atoms. The van der Waals surface area contributed by atoms with Gasteiger partial charge >= 0.3 is 0 Å². The summed E-state index contributed by atoms with van der Waals surface area (Å²) in [5.74, 6) is 0.644. The minimum atomic E-state index is -3.61. The lowest BCUT2D eigenvalue weighted by molar-refractivity contribution is -0.128. The van der Waals surface area contributed by atoms with Crippen LogP contribution in [-0.2, 0) is 14.8 Å². The molecule has 1 aliphatic rings. The molecule has 1 heterocycles. The molecule has 2 aromatic rings. The second kappa shape index (κ2) is 8.51. The maximum atomic E-state index is 12.8. The number of anilines is 1. The molecule has 7 nitrogen and oxygen atoms in total. The van der Waals surface area contributed by atoms with E-state index >= 15 is 0 Å². The topological polar surface area (TPSA) is 84.9 Å². The maximum Gasteiger partial charge on any atom is 0.263 e. The molecule has 0 radical (unpaired) electrons. The molecule has 0 saturated carbocycles. The molecule has 1 amide bonds. The number of nitrogens with zero attached hydrogens (tertiary/aromatic N) is 1. The first-order valence-electron chi connectivity index (χ1n) is 9.16. The van der Waals surface area contributed by atoms with Gasteiger partial charge in [-0.15, -0.1) is 0 Å². The Hall–Kier alpha value is -2.45. The van der Waals surface area contributed by atoms with Crippen LogP contribution in [0.2, 0.25) is 5.02 Å². The number of halogens is 1. The number of amides is 1. The van der Waals surface area contributed by atoms with Gasteiger partial charge in [0, 0.05) is 5.02 Å². The summed E-state index contributed by atoms with van der Waals surface area (Å²) < 4.78 is 36.8. The van der Waals surface area contributed by atoms with Crippen molar-refractivity contribution < 1.29 is 22.7 Å². The molecule has 0 spiro atoms. The van der Waals surface area contributed by atoms with Gasteiger partial charge in [-0.05, 0) is 49.7 Å². The van der Waals surface area contributed by atoms with Crippen LogP contribution in [0.1, 0.15) is 25.5 Å². The van der Waals surface area contributed by atoms with Crippen LogP contribution in [0.25, 0.3) is 0 Å². The van der Waals surface area contributed by atoms with Crippen molar-refractivity contribution in [3.05, 3.63) is 53.1 Å². The van der Waals surface area contributed by atoms with Gasteiger partial charge in [0.25, 0.3) is 5.91 Å². The molecule has 0 aliphatic carbocycles. The Morgan fingerprint density at radius 1 is 1.31 bits per heavy atom. The number of hydrogen-bond acceptors (Lipinski definition) is 5. The van der Waals surface area contributed by atoms with Crippen LogP contribution in [-0.4, -0.2) is 39.8 Å². The van der Waals surface area contributed by atoms with Gasteiger partial charge in [0.15, 0.2) is 6.10 Å². The van der Waals surface area contributed by atoms with Crippen molar-refractivity contribution in [2.45, 2.75) is 26.0 Å². The van der Waals surface area contributed by atoms with Crippen LogP contribution in [0.15, 0.2) is 42.5 Å². The van der Waals surface area contributed by atoms with E-state index in [1.807, 2.05) is 38.1 Å². The van der Waals surface area contributed by atoms with Crippen molar-refractivity contribution in [3.8, 4) is 11.5 Å². The van der Waals surface area contributed by atoms with E-state index in [1.165, 1.54) is 6.07 Å². The summed E-state index contributed by atoms with van der Waals surface area (Å²) in [6.07, 6.45) is 0.101. The Labute approximate surface area is 175 Å². The number of sulfonamides is 1. The van der Waals surface area contributed by atoms with Gasteiger partial charge in [0.2, 0.25) is 10.0 Å². The molecule has 2 atom stereocenters. The lowest BCUT2D eigenvalue weighted by Crippen LogP contribution is -2.50. The highest BCUT2D eigenvalue weighted by molar-refractivity contribution is 7.92. The Morgan fingerprint density at radius 2 is 2.00 bits per heavy atom. The number of carbonyl (C=O) groups excluding carboxylic acids is 1. The van der Waals surface area contributed by atoms with Crippen molar-refractivity contribution in [2.75, 3.05) is 23.7 Å². The van der Waals surface area contributed by atoms with Gasteiger partial charge in [0.05, 0.1) is 31.1 Å². The minimum absolute atomic E-state index is 0.131. The Balaban J connectivity index is 1.76. The van der Waals surface area contributed by atoms with E-state index in [0.717, 1.165) is 21.9 Å². The highest BCUT2D eigenvalue weighted by Gasteiger charge is 2.35. The number of ether oxygens (including phenoxy) is 2. The molecule has 0 saturated heterocycles. The molecule has 9 heteroatoms. The van der Waals surface area contributed by atoms with Gasteiger partial charge in [-0.25, -0.2) is 8.42 Å². The van der Waals surface area contributed by atoms with Crippen molar-refractivity contribution in [2.24, 2.45) is 0 Å². The Morgan fingerprint density at radius 3 is 2.62 bits per heavy atom. The number of nitrogens with one attached hydrogen (secondary N) is 1. The first-order chi connectivity index (χ1) is 13.7. The number of hydrogen-bond donors (Lipinski definition) is 1. The van der Waals surface area contributed by atoms with E-state index in [9.17, 15) is 13.2 Å². The molecule has 2 aromatic carbocycles. The van der Waals surface area contributed by atoms with Crippen molar-refractivity contribution in [1.82, 2.24) is 5.32 Å². The second-order valence-corrected chi connectivity index (χ2v) is 9.09. The first kappa shape index (κ1) is 21.3. The molecule has 0 aromatic heterocycles. The second-order valence-electron chi connectivity index (χ2n) is 6.74. The quantitative estimate of drug-likeness (QED) is 0.748. The predicted molar refractivity (Wildman–Crippen MR) is 112 cm³/mol. The van der Waals surface area contributed by atoms with E-state index in [1.54, 1.807) is 12.1 Å². The molecule has 1 aliphatic heterocycles. The lowest BCUT2D eigenvalue weighted by atomic mass is 10.1. The van der Waals surface area contributed by atoms with Gasteiger partial charge in [-0.3, -0.25) is 9.10 Å². The van der Waals surface area contributed by atoms with Gasteiger partial charge in [0.1, 0.15) is 11.5 Å².